The molecule has 1 fully saturated rings. The maximum atomic E-state index is 13.5. The molecule has 3 rings (SSSR count). The number of amides is 1. The Morgan fingerprint density at radius 3 is 2.58 bits per heavy atom. The van der Waals surface area contributed by atoms with E-state index in [1.54, 1.807) is 0 Å². The highest BCUT2D eigenvalue weighted by atomic mass is 19.4. The summed E-state index contributed by atoms with van der Waals surface area (Å²) < 4.78 is 53.8. The van der Waals surface area contributed by atoms with Crippen molar-refractivity contribution in [3.8, 4) is 0 Å². The molecule has 0 unspecified atom stereocenters. The first-order valence-electron chi connectivity index (χ1n) is 6.93. The third-order valence-electron chi connectivity index (χ3n) is 3.90. The molecule has 0 radical (unpaired) electrons. The highest BCUT2D eigenvalue weighted by Gasteiger charge is 2.46. The van der Waals surface area contributed by atoms with E-state index >= 15 is 0 Å². The topological polar surface area (TPSA) is 73.7 Å². The number of nitrogens with zero attached hydrogens (tertiary/aromatic N) is 2. The van der Waals surface area contributed by atoms with E-state index in [-0.39, 0.29) is 18.6 Å². The van der Waals surface area contributed by atoms with Crippen LogP contribution in [0.3, 0.4) is 0 Å². The van der Waals surface area contributed by atoms with Crippen LogP contribution in [0.25, 0.3) is 10.9 Å². The minimum absolute atomic E-state index is 0.0873. The molecular weight excluding hydrogens is 332 g/mol. The van der Waals surface area contributed by atoms with Crippen molar-refractivity contribution in [2.45, 2.75) is 11.8 Å². The van der Waals surface area contributed by atoms with E-state index in [0.29, 0.717) is 6.07 Å². The average Bonchev–Trinajstić information content (AvgIpc) is 2.48. The van der Waals surface area contributed by atoms with Gasteiger partial charge in [-0.3, -0.25) is 9.78 Å². The van der Waals surface area contributed by atoms with Crippen LogP contribution >= 0.6 is 0 Å². The van der Waals surface area contributed by atoms with Crippen LogP contribution in [0.4, 0.5) is 17.6 Å². The number of alkyl halides is 3. The predicted molar refractivity (Wildman–Crippen MR) is 74.6 cm³/mol. The SMILES string of the molecule is O=C(c1cnc2ccc(F)cc2c1C(F)(F)F)N1CC(O)(CO)C1. The first kappa shape index (κ1) is 16.6. The molecule has 5 nitrogen and oxygen atoms in total. The molecule has 1 aromatic carbocycles. The van der Waals surface area contributed by atoms with Crippen molar-refractivity contribution in [1.82, 2.24) is 9.88 Å². The lowest BCUT2D eigenvalue weighted by molar-refractivity contribution is -0.137. The van der Waals surface area contributed by atoms with E-state index in [9.17, 15) is 27.5 Å². The van der Waals surface area contributed by atoms with Gasteiger partial charge >= 0.3 is 6.18 Å². The van der Waals surface area contributed by atoms with Crippen LogP contribution < -0.4 is 0 Å². The van der Waals surface area contributed by atoms with Crippen molar-refractivity contribution >= 4 is 16.8 Å². The lowest BCUT2D eigenvalue weighted by Gasteiger charge is -2.45. The molecule has 1 amide bonds. The molecule has 0 bridgehead atoms. The number of β-amino-alcohol motifs (C(OH)–C–C–N with tert-alkyl or cyclic N) is 1. The van der Waals surface area contributed by atoms with Gasteiger partial charge in [0.2, 0.25) is 0 Å². The van der Waals surface area contributed by atoms with Crippen molar-refractivity contribution < 1.29 is 32.6 Å². The average molecular weight is 344 g/mol. The molecule has 1 saturated heterocycles. The number of carbonyl (C=O) groups is 1. The van der Waals surface area contributed by atoms with Gasteiger partial charge in [-0.15, -0.1) is 0 Å². The first-order valence-corrected chi connectivity index (χ1v) is 6.93. The summed E-state index contributed by atoms with van der Waals surface area (Å²) >= 11 is 0. The summed E-state index contributed by atoms with van der Waals surface area (Å²) in [6.07, 6.45) is -4.10. The van der Waals surface area contributed by atoms with Crippen molar-refractivity contribution in [2.24, 2.45) is 0 Å². The summed E-state index contributed by atoms with van der Waals surface area (Å²) in [5.41, 5.74) is -3.59. The Morgan fingerprint density at radius 2 is 2.00 bits per heavy atom. The first-order chi connectivity index (χ1) is 11.1. The number of hydrogen-bond donors (Lipinski definition) is 2. The van der Waals surface area contributed by atoms with Crippen LogP contribution in [-0.2, 0) is 6.18 Å². The van der Waals surface area contributed by atoms with Gasteiger partial charge in [-0.1, -0.05) is 0 Å². The van der Waals surface area contributed by atoms with Gasteiger partial charge in [-0.2, -0.15) is 13.2 Å². The van der Waals surface area contributed by atoms with Crippen LogP contribution in [-0.4, -0.2) is 51.3 Å². The van der Waals surface area contributed by atoms with Gasteiger partial charge in [-0.25, -0.2) is 4.39 Å². The molecule has 1 aliphatic heterocycles. The highest BCUT2D eigenvalue weighted by molar-refractivity contribution is 6.01. The van der Waals surface area contributed by atoms with Crippen LogP contribution in [0, 0.1) is 5.82 Å². The van der Waals surface area contributed by atoms with E-state index in [4.69, 9.17) is 5.11 Å². The summed E-state index contributed by atoms with van der Waals surface area (Å²) in [5, 5.41) is 18.1. The van der Waals surface area contributed by atoms with E-state index in [1.165, 1.54) is 0 Å². The van der Waals surface area contributed by atoms with E-state index in [0.717, 1.165) is 23.2 Å². The van der Waals surface area contributed by atoms with Crippen LogP contribution in [0.1, 0.15) is 15.9 Å². The van der Waals surface area contributed by atoms with Gasteiger partial charge in [0.25, 0.3) is 5.91 Å². The largest absolute Gasteiger partial charge is 0.417 e. The Balaban J connectivity index is 2.10. The lowest BCUT2D eigenvalue weighted by Crippen LogP contribution is -2.65. The number of pyridine rings is 1. The smallest absolute Gasteiger partial charge is 0.393 e. The number of aromatic nitrogens is 1. The molecule has 24 heavy (non-hydrogen) atoms. The lowest BCUT2D eigenvalue weighted by atomic mass is 9.93. The molecule has 0 spiro atoms. The molecule has 0 atom stereocenters. The Hall–Kier alpha value is -2.26. The second-order valence-electron chi connectivity index (χ2n) is 5.75. The van der Waals surface area contributed by atoms with Gasteiger partial charge in [0.05, 0.1) is 36.3 Å². The zero-order chi connectivity index (χ0) is 17.7. The van der Waals surface area contributed by atoms with Crippen LogP contribution in [0.2, 0.25) is 0 Å². The summed E-state index contributed by atoms with van der Waals surface area (Å²) in [7, 11) is 0. The summed E-state index contributed by atoms with van der Waals surface area (Å²) in [5.74, 6) is -1.86. The summed E-state index contributed by atoms with van der Waals surface area (Å²) in [6.45, 7) is -1.19. The number of aliphatic hydroxyl groups excluding tert-OH is 1. The minimum atomic E-state index is -4.89. The molecule has 0 aliphatic carbocycles. The van der Waals surface area contributed by atoms with Crippen molar-refractivity contribution in [1.29, 1.82) is 0 Å². The molecule has 2 heterocycles. The van der Waals surface area contributed by atoms with Crippen molar-refractivity contribution in [3.05, 3.63) is 41.3 Å². The van der Waals surface area contributed by atoms with Crippen molar-refractivity contribution in [2.75, 3.05) is 19.7 Å². The third kappa shape index (κ3) is 2.69. The van der Waals surface area contributed by atoms with Crippen LogP contribution in [0.5, 0.6) is 0 Å². The number of rotatable bonds is 2. The number of likely N-dealkylation sites (tertiary alicyclic amines) is 1. The summed E-state index contributed by atoms with van der Waals surface area (Å²) in [6, 6.07) is 2.76. The number of benzene rings is 1. The van der Waals surface area contributed by atoms with Gasteiger partial charge in [0.1, 0.15) is 11.4 Å². The number of halogens is 4. The molecule has 2 aromatic rings. The molecule has 0 saturated carbocycles. The van der Waals surface area contributed by atoms with Gasteiger partial charge in [0, 0.05) is 11.6 Å². The summed E-state index contributed by atoms with van der Waals surface area (Å²) in [4.78, 5) is 17.1. The fraction of sp³-hybridized carbons (Fsp3) is 0.333. The normalized spacial score (nSPS) is 17.0. The fourth-order valence-electron chi connectivity index (χ4n) is 2.71. The predicted octanol–water partition coefficient (Wildman–Crippen LogP) is 1.57. The number of fused-ring (bicyclic) bond motifs is 1. The third-order valence-corrected chi connectivity index (χ3v) is 3.90. The quantitative estimate of drug-likeness (QED) is 0.811. The fourth-order valence-corrected chi connectivity index (χ4v) is 2.71. The standard InChI is InChI=1S/C15H12F4N2O3/c16-8-1-2-11-9(3-8)12(15(17,18)19)10(4-20-11)13(23)21-5-14(24,6-21)7-22/h1-4,22,24H,5-7H2. The Labute approximate surface area is 133 Å². The maximum Gasteiger partial charge on any atom is 0.417 e. The molecular formula is C15H12F4N2O3. The minimum Gasteiger partial charge on any atom is -0.393 e. The highest BCUT2D eigenvalue weighted by Crippen LogP contribution is 2.38. The second-order valence-corrected chi connectivity index (χ2v) is 5.75. The monoisotopic (exact) mass is 344 g/mol. The Morgan fingerprint density at radius 1 is 1.33 bits per heavy atom. The molecule has 2 N–H and O–H groups in total. The van der Waals surface area contributed by atoms with E-state index in [1.807, 2.05) is 0 Å². The number of aliphatic hydroxyl groups is 2. The second kappa shape index (κ2) is 5.38. The Kier molecular flexibility index (Phi) is 3.72. The van der Waals surface area contributed by atoms with Gasteiger partial charge in [-0.05, 0) is 18.2 Å². The number of hydrogen-bond acceptors (Lipinski definition) is 4. The molecule has 1 aromatic heterocycles. The maximum absolute atomic E-state index is 13.5. The Bertz CT molecular complexity index is 816. The van der Waals surface area contributed by atoms with E-state index < -0.39 is 46.6 Å². The molecule has 9 heteroatoms. The van der Waals surface area contributed by atoms with Gasteiger partial charge in [0.15, 0.2) is 0 Å². The molecule has 1 aliphatic rings. The molecule has 128 valence electrons. The van der Waals surface area contributed by atoms with Gasteiger partial charge < -0.3 is 15.1 Å². The zero-order valence-corrected chi connectivity index (χ0v) is 12.1. The number of carbonyl (C=O) groups excluding carboxylic acids is 1. The van der Waals surface area contributed by atoms with Crippen LogP contribution in [0.15, 0.2) is 24.4 Å². The van der Waals surface area contributed by atoms with E-state index in [2.05, 4.69) is 4.98 Å². The van der Waals surface area contributed by atoms with Crippen molar-refractivity contribution in [3.63, 3.8) is 0 Å². The zero-order valence-electron chi connectivity index (χ0n) is 12.1.